The molecule has 1 atom stereocenters. The van der Waals surface area contributed by atoms with Gasteiger partial charge in [-0.15, -0.1) is 0 Å². The Bertz CT molecular complexity index is 729. The van der Waals surface area contributed by atoms with Crippen molar-refractivity contribution in [2.24, 2.45) is 11.8 Å². The number of hydrogen-bond donors (Lipinski definition) is 0. The largest absolute Gasteiger partial charge is 0.308 e. The molecule has 0 heterocycles. The van der Waals surface area contributed by atoms with Gasteiger partial charge in [0.15, 0.2) is 0 Å². The molecule has 0 radical (unpaired) electrons. The van der Waals surface area contributed by atoms with Gasteiger partial charge in [-0.3, -0.25) is 4.90 Å². The van der Waals surface area contributed by atoms with Crippen molar-refractivity contribution in [2.75, 3.05) is 20.6 Å². The van der Waals surface area contributed by atoms with E-state index in [-0.39, 0.29) is 5.82 Å². The smallest absolute Gasteiger partial charge is 0.127 e. The van der Waals surface area contributed by atoms with Gasteiger partial charge in [0.25, 0.3) is 0 Å². The van der Waals surface area contributed by atoms with Gasteiger partial charge in [-0.05, 0) is 56.0 Å². The molecule has 3 heteroatoms. The van der Waals surface area contributed by atoms with Crippen LogP contribution in [-0.4, -0.2) is 36.5 Å². The quantitative estimate of drug-likeness (QED) is 0.458. The lowest BCUT2D eigenvalue weighted by Crippen LogP contribution is -2.42. The van der Waals surface area contributed by atoms with Gasteiger partial charge in [0.1, 0.15) is 5.82 Å². The molecule has 0 fully saturated rings. The van der Waals surface area contributed by atoms with E-state index in [9.17, 15) is 4.39 Å². The zero-order chi connectivity index (χ0) is 21.4. The topological polar surface area (TPSA) is 6.48 Å². The van der Waals surface area contributed by atoms with Gasteiger partial charge in [-0.2, -0.15) is 0 Å². The van der Waals surface area contributed by atoms with E-state index in [1.54, 1.807) is 12.1 Å². The minimum absolute atomic E-state index is 0.112. The Morgan fingerprint density at radius 1 is 0.828 bits per heavy atom. The van der Waals surface area contributed by atoms with Crippen molar-refractivity contribution in [3.63, 3.8) is 0 Å². The second-order valence-corrected chi connectivity index (χ2v) is 9.46. The minimum atomic E-state index is -0.112. The Labute approximate surface area is 177 Å². The Morgan fingerprint density at radius 2 is 1.52 bits per heavy atom. The molecule has 0 unspecified atom stereocenters. The summed E-state index contributed by atoms with van der Waals surface area (Å²) in [7, 11) is 4.25. The van der Waals surface area contributed by atoms with Crippen molar-refractivity contribution in [3.8, 4) is 0 Å². The first-order valence-corrected chi connectivity index (χ1v) is 10.9. The summed E-state index contributed by atoms with van der Waals surface area (Å²) >= 11 is 0. The maximum absolute atomic E-state index is 14.4. The molecule has 0 spiro atoms. The van der Waals surface area contributed by atoms with Crippen LogP contribution in [0.25, 0.3) is 0 Å². The average Bonchev–Trinajstić information content (AvgIpc) is 2.61. The molecule has 0 aliphatic rings. The molecular formula is C26H39FN2. The van der Waals surface area contributed by atoms with Crippen LogP contribution in [0.15, 0.2) is 48.5 Å². The summed E-state index contributed by atoms with van der Waals surface area (Å²) in [4.78, 5) is 4.71. The summed E-state index contributed by atoms with van der Waals surface area (Å²) < 4.78 is 14.4. The highest BCUT2D eigenvalue weighted by molar-refractivity contribution is 5.24. The van der Waals surface area contributed by atoms with Crippen molar-refractivity contribution < 1.29 is 4.39 Å². The molecular weight excluding hydrogens is 359 g/mol. The molecule has 2 rings (SSSR count). The predicted octanol–water partition coefficient (Wildman–Crippen LogP) is 6.00. The van der Waals surface area contributed by atoms with E-state index >= 15 is 0 Å². The molecule has 29 heavy (non-hydrogen) atoms. The molecule has 0 amide bonds. The first-order valence-electron chi connectivity index (χ1n) is 10.9. The van der Waals surface area contributed by atoms with Crippen molar-refractivity contribution in [2.45, 2.75) is 59.7 Å². The van der Waals surface area contributed by atoms with Crippen LogP contribution < -0.4 is 0 Å². The third-order valence-electron chi connectivity index (χ3n) is 5.19. The summed E-state index contributed by atoms with van der Waals surface area (Å²) in [5, 5.41) is 0. The molecule has 0 aromatic heterocycles. The lowest BCUT2D eigenvalue weighted by atomic mass is 9.98. The summed E-state index contributed by atoms with van der Waals surface area (Å²) in [6.45, 7) is 11.5. The first kappa shape index (κ1) is 23.6. The van der Waals surface area contributed by atoms with E-state index in [0.717, 1.165) is 31.5 Å². The van der Waals surface area contributed by atoms with Gasteiger partial charge in [0.05, 0.1) is 0 Å². The fourth-order valence-electron chi connectivity index (χ4n) is 4.03. The summed E-state index contributed by atoms with van der Waals surface area (Å²) in [6.07, 6.45) is 2.19. The van der Waals surface area contributed by atoms with Gasteiger partial charge in [0, 0.05) is 31.2 Å². The molecule has 0 saturated carbocycles. The monoisotopic (exact) mass is 398 g/mol. The zero-order valence-electron chi connectivity index (χ0n) is 19.2. The lowest BCUT2D eigenvalue weighted by molar-refractivity contribution is 0.126. The summed E-state index contributed by atoms with van der Waals surface area (Å²) in [5.41, 5.74) is 3.47. The highest BCUT2D eigenvalue weighted by atomic mass is 19.1. The minimum Gasteiger partial charge on any atom is -0.308 e. The maximum Gasteiger partial charge on any atom is 0.127 e. The Balaban J connectivity index is 2.31. The SMILES string of the molecule is CC(C)Cc1cccc(CN(Cc2ccccc2F)[C@@H](CC(C)C)CN(C)C)c1. The third kappa shape index (κ3) is 8.28. The second kappa shape index (κ2) is 11.5. The maximum atomic E-state index is 14.4. The normalized spacial score (nSPS) is 13.1. The van der Waals surface area contributed by atoms with Gasteiger partial charge >= 0.3 is 0 Å². The second-order valence-electron chi connectivity index (χ2n) is 9.46. The summed E-state index contributed by atoms with van der Waals surface area (Å²) in [6, 6.07) is 16.5. The van der Waals surface area contributed by atoms with Crippen LogP contribution in [0.1, 0.15) is 50.8 Å². The number of benzene rings is 2. The standard InChI is InChI=1S/C26H39FN2/c1-20(2)14-22-10-9-11-23(16-22)17-29(18-24-12-7-8-13-26(24)27)25(15-21(3)4)19-28(5)6/h7-13,16,20-21,25H,14-15,17-19H2,1-6H3/t25-/m0/s1. The number of likely N-dealkylation sites (N-methyl/N-ethyl adjacent to an activating group) is 1. The molecule has 2 aromatic carbocycles. The van der Waals surface area contributed by atoms with Crippen molar-refractivity contribution in [3.05, 3.63) is 71.0 Å². The molecule has 2 nitrogen and oxygen atoms in total. The van der Waals surface area contributed by atoms with Crippen molar-refractivity contribution in [1.29, 1.82) is 0 Å². The Kier molecular flexibility index (Phi) is 9.32. The van der Waals surface area contributed by atoms with Crippen LogP contribution in [-0.2, 0) is 19.5 Å². The van der Waals surface area contributed by atoms with Crippen molar-refractivity contribution in [1.82, 2.24) is 9.80 Å². The zero-order valence-corrected chi connectivity index (χ0v) is 19.2. The van der Waals surface area contributed by atoms with Crippen LogP contribution in [0.3, 0.4) is 0 Å². The van der Waals surface area contributed by atoms with Crippen LogP contribution in [0.2, 0.25) is 0 Å². The molecule has 0 N–H and O–H groups in total. The van der Waals surface area contributed by atoms with Crippen molar-refractivity contribution >= 4 is 0 Å². The highest BCUT2D eigenvalue weighted by Gasteiger charge is 2.22. The molecule has 0 saturated heterocycles. The van der Waals surface area contributed by atoms with E-state index < -0.39 is 0 Å². The molecule has 0 aliphatic carbocycles. The van der Waals surface area contributed by atoms with E-state index in [0.29, 0.717) is 24.4 Å². The van der Waals surface area contributed by atoms with Gasteiger partial charge < -0.3 is 4.90 Å². The van der Waals surface area contributed by atoms with E-state index in [4.69, 9.17) is 0 Å². The van der Waals surface area contributed by atoms with E-state index in [2.05, 4.69) is 75.9 Å². The Hall–Kier alpha value is -1.71. The third-order valence-corrected chi connectivity index (χ3v) is 5.19. The fraction of sp³-hybridized carbons (Fsp3) is 0.538. The van der Waals surface area contributed by atoms with Crippen LogP contribution >= 0.6 is 0 Å². The molecule has 160 valence electrons. The number of halogens is 1. The van der Waals surface area contributed by atoms with Crippen LogP contribution in [0.4, 0.5) is 4.39 Å². The molecule has 0 bridgehead atoms. The van der Waals surface area contributed by atoms with Gasteiger partial charge in [-0.25, -0.2) is 4.39 Å². The first-order chi connectivity index (χ1) is 13.7. The van der Waals surface area contributed by atoms with Crippen LogP contribution in [0, 0.1) is 17.7 Å². The van der Waals surface area contributed by atoms with Gasteiger partial charge in [-0.1, -0.05) is 70.2 Å². The predicted molar refractivity (Wildman–Crippen MR) is 122 cm³/mol. The van der Waals surface area contributed by atoms with Gasteiger partial charge in [0.2, 0.25) is 0 Å². The van der Waals surface area contributed by atoms with E-state index in [1.165, 1.54) is 11.1 Å². The average molecular weight is 399 g/mol. The lowest BCUT2D eigenvalue weighted by Gasteiger charge is -2.35. The fourth-order valence-corrected chi connectivity index (χ4v) is 4.03. The molecule has 0 aliphatic heterocycles. The number of hydrogen-bond acceptors (Lipinski definition) is 2. The summed E-state index contributed by atoms with van der Waals surface area (Å²) in [5.74, 6) is 1.12. The number of rotatable bonds is 11. The van der Waals surface area contributed by atoms with E-state index in [1.807, 2.05) is 12.1 Å². The Morgan fingerprint density at radius 3 is 2.14 bits per heavy atom. The highest BCUT2D eigenvalue weighted by Crippen LogP contribution is 2.21. The molecule has 2 aromatic rings. The van der Waals surface area contributed by atoms with Crippen LogP contribution in [0.5, 0.6) is 0 Å². The number of nitrogens with zero attached hydrogens (tertiary/aromatic N) is 2.